The molecule has 1 aromatic rings. The van der Waals surface area contributed by atoms with Crippen molar-refractivity contribution in [2.45, 2.75) is 19.5 Å². The lowest BCUT2D eigenvalue weighted by molar-refractivity contribution is -0.125. The molecule has 0 aliphatic rings. The summed E-state index contributed by atoms with van der Waals surface area (Å²) in [7, 11) is 3.58. The third-order valence-corrected chi connectivity index (χ3v) is 3.05. The summed E-state index contributed by atoms with van der Waals surface area (Å²) in [4.78, 5) is 13.8. The topological polar surface area (TPSA) is 41.6 Å². The molecule has 104 valence electrons. The highest BCUT2D eigenvalue weighted by Gasteiger charge is 2.17. The standard InChI is InChI=1S/C15H22N2O2/c1-5-10-16-15(18)12(2)17(3)11-13-6-8-14(19-4)9-7-13/h5-9,12H,1,10-11H2,2-4H3,(H,16,18). The molecule has 1 atom stereocenters. The van der Waals surface area contributed by atoms with Crippen LogP contribution in [0.3, 0.4) is 0 Å². The van der Waals surface area contributed by atoms with Gasteiger partial charge in [-0.25, -0.2) is 0 Å². The van der Waals surface area contributed by atoms with Gasteiger partial charge in [-0.1, -0.05) is 18.2 Å². The first kappa shape index (κ1) is 15.2. The van der Waals surface area contributed by atoms with Gasteiger partial charge in [0.25, 0.3) is 0 Å². The third kappa shape index (κ3) is 4.75. The van der Waals surface area contributed by atoms with Crippen molar-refractivity contribution in [3.05, 3.63) is 42.5 Å². The first-order valence-corrected chi connectivity index (χ1v) is 6.30. The highest BCUT2D eigenvalue weighted by molar-refractivity contribution is 5.81. The molecule has 0 aromatic heterocycles. The first-order valence-electron chi connectivity index (χ1n) is 6.30. The fourth-order valence-corrected chi connectivity index (χ4v) is 1.68. The van der Waals surface area contributed by atoms with E-state index < -0.39 is 0 Å². The van der Waals surface area contributed by atoms with Gasteiger partial charge in [0.2, 0.25) is 5.91 Å². The summed E-state index contributed by atoms with van der Waals surface area (Å²) in [5.74, 6) is 0.846. The maximum atomic E-state index is 11.8. The number of methoxy groups -OCH3 is 1. The molecule has 1 rings (SSSR count). The lowest BCUT2D eigenvalue weighted by Gasteiger charge is -2.23. The van der Waals surface area contributed by atoms with Gasteiger partial charge < -0.3 is 10.1 Å². The van der Waals surface area contributed by atoms with Gasteiger partial charge in [-0.05, 0) is 31.7 Å². The van der Waals surface area contributed by atoms with Crippen molar-refractivity contribution in [3.8, 4) is 5.75 Å². The fourth-order valence-electron chi connectivity index (χ4n) is 1.68. The maximum absolute atomic E-state index is 11.8. The Labute approximate surface area is 115 Å². The largest absolute Gasteiger partial charge is 0.497 e. The highest BCUT2D eigenvalue weighted by Crippen LogP contribution is 2.13. The number of ether oxygens (including phenoxy) is 1. The Morgan fingerprint density at radius 2 is 2.11 bits per heavy atom. The van der Waals surface area contributed by atoms with Crippen LogP contribution in [0.2, 0.25) is 0 Å². The smallest absolute Gasteiger partial charge is 0.237 e. The van der Waals surface area contributed by atoms with E-state index in [0.717, 1.165) is 11.3 Å². The summed E-state index contributed by atoms with van der Waals surface area (Å²) in [6.45, 7) is 6.69. The normalized spacial score (nSPS) is 12.0. The highest BCUT2D eigenvalue weighted by atomic mass is 16.5. The van der Waals surface area contributed by atoms with E-state index in [1.165, 1.54) is 0 Å². The minimum Gasteiger partial charge on any atom is -0.497 e. The third-order valence-electron chi connectivity index (χ3n) is 3.05. The minimum absolute atomic E-state index is 0.0101. The molecule has 0 heterocycles. The van der Waals surface area contributed by atoms with Gasteiger partial charge in [-0.15, -0.1) is 6.58 Å². The van der Waals surface area contributed by atoms with Crippen molar-refractivity contribution in [1.29, 1.82) is 0 Å². The zero-order valence-corrected chi connectivity index (χ0v) is 11.8. The van der Waals surface area contributed by atoms with Crippen molar-refractivity contribution in [1.82, 2.24) is 10.2 Å². The van der Waals surface area contributed by atoms with Crippen LogP contribution in [-0.2, 0) is 11.3 Å². The van der Waals surface area contributed by atoms with Gasteiger partial charge in [0.15, 0.2) is 0 Å². The van der Waals surface area contributed by atoms with E-state index in [9.17, 15) is 4.79 Å². The molecule has 4 nitrogen and oxygen atoms in total. The SMILES string of the molecule is C=CCNC(=O)C(C)N(C)Cc1ccc(OC)cc1. The Bertz CT molecular complexity index is 415. The number of rotatable bonds is 7. The van der Waals surface area contributed by atoms with E-state index in [0.29, 0.717) is 13.1 Å². The van der Waals surface area contributed by atoms with Crippen LogP contribution >= 0.6 is 0 Å². The molecule has 0 fully saturated rings. The Kier molecular flexibility index (Phi) is 6.09. The Morgan fingerprint density at radius 3 is 2.63 bits per heavy atom. The molecule has 1 amide bonds. The second-order valence-electron chi connectivity index (χ2n) is 4.47. The van der Waals surface area contributed by atoms with E-state index in [1.807, 2.05) is 43.1 Å². The van der Waals surface area contributed by atoms with Crippen LogP contribution in [0.15, 0.2) is 36.9 Å². The number of nitrogens with one attached hydrogen (secondary N) is 1. The fraction of sp³-hybridized carbons (Fsp3) is 0.400. The molecule has 0 spiro atoms. The molecular formula is C15H22N2O2. The van der Waals surface area contributed by atoms with Crippen LogP contribution in [0.1, 0.15) is 12.5 Å². The quantitative estimate of drug-likeness (QED) is 0.762. The minimum atomic E-state index is -0.179. The van der Waals surface area contributed by atoms with Crippen molar-refractivity contribution < 1.29 is 9.53 Å². The van der Waals surface area contributed by atoms with Crippen molar-refractivity contribution in [2.75, 3.05) is 20.7 Å². The summed E-state index contributed by atoms with van der Waals surface area (Å²) in [6.07, 6.45) is 1.67. The second kappa shape index (κ2) is 7.59. The number of amides is 1. The number of likely N-dealkylation sites (N-methyl/N-ethyl adjacent to an activating group) is 1. The molecular weight excluding hydrogens is 240 g/mol. The van der Waals surface area contributed by atoms with E-state index >= 15 is 0 Å². The average Bonchev–Trinajstić information content (AvgIpc) is 2.44. The molecule has 0 saturated heterocycles. The van der Waals surface area contributed by atoms with Crippen LogP contribution in [0.5, 0.6) is 5.75 Å². The predicted octanol–water partition coefficient (Wildman–Crippen LogP) is 1.82. The summed E-state index contributed by atoms with van der Waals surface area (Å²) >= 11 is 0. The van der Waals surface area contributed by atoms with Crippen molar-refractivity contribution >= 4 is 5.91 Å². The average molecular weight is 262 g/mol. The Balaban J connectivity index is 2.54. The van der Waals surface area contributed by atoms with E-state index in [2.05, 4.69) is 11.9 Å². The van der Waals surface area contributed by atoms with E-state index in [-0.39, 0.29) is 11.9 Å². The van der Waals surface area contributed by atoms with Crippen molar-refractivity contribution in [2.24, 2.45) is 0 Å². The van der Waals surface area contributed by atoms with Gasteiger partial charge >= 0.3 is 0 Å². The molecule has 1 aromatic carbocycles. The molecule has 4 heteroatoms. The summed E-state index contributed by atoms with van der Waals surface area (Å²) in [5.41, 5.74) is 1.15. The van der Waals surface area contributed by atoms with E-state index in [4.69, 9.17) is 4.74 Å². The van der Waals surface area contributed by atoms with Crippen molar-refractivity contribution in [3.63, 3.8) is 0 Å². The predicted molar refractivity (Wildman–Crippen MR) is 77.1 cm³/mol. The van der Waals surface area contributed by atoms with Crippen LogP contribution in [0.25, 0.3) is 0 Å². The van der Waals surface area contributed by atoms with Crippen LogP contribution < -0.4 is 10.1 Å². The summed E-state index contributed by atoms with van der Waals surface area (Å²) in [5, 5.41) is 2.80. The molecule has 0 saturated carbocycles. The molecule has 0 aliphatic carbocycles. The number of hydrogen-bond donors (Lipinski definition) is 1. The zero-order chi connectivity index (χ0) is 14.3. The molecule has 0 radical (unpaired) electrons. The molecule has 19 heavy (non-hydrogen) atoms. The number of carbonyl (C=O) groups is 1. The summed E-state index contributed by atoms with van der Waals surface area (Å²) in [6, 6.07) is 7.67. The number of hydrogen-bond acceptors (Lipinski definition) is 3. The van der Waals surface area contributed by atoms with Crippen LogP contribution in [0.4, 0.5) is 0 Å². The van der Waals surface area contributed by atoms with Gasteiger partial charge in [-0.2, -0.15) is 0 Å². The van der Waals surface area contributed by atoms with Crippen LogP contribution in [-0.4, -0.2) is 37.6 Å². The lowest BCUT2D eigenvalue weighted by Crippen LogP contribution is -2.42. The molecule has 1 N–H and O–H groups in total. The van der Waals surface area contributed by atoms with E-state index in [1.54, 1.807) is 13.2 Å². The Hall–Kier alpha value is -1.81. The number of benzene rings is 1. The molecule has 1 unspecified atom stereocenters. The van der Waals surface area contributed by atoms with Gasteiger partial charge in [-0.3, -0.25) is 9.69 Å². The molecule has 0 bridgehead atoms. The van der Waals surface area contributed by atoms with Crippen LogP contribution in [0, 0.1) is 0 Å². The van der Waals surface area contributed by atoms with Gasteiger partial charge in [0.1, 0.15) is 5.75 Å². The Morgan fingerprint density at radius 1 is 1.47 bits per heavy atom. The lowest BCUT2D eigenvalue weighted by atomic mass is 10.2. The monoisotopic (exact) mass is 262 g/mol. The zero-order valence-electron chi connectivity index (χ0n) is 11.8. The first-order chi connectivity index (χ1) is 9.08. The number of carbonyl (C=O) groups excluding carboxylic acids is 1. The van der Waals surface area contributed by atoms with Gasteiger partial charge in [0.05, 0.1) is 13.2 Å². The van der Waals surface area contributed by atoms with Gasteiger partial charge in [0, 0.05) is 13.1 Å². The number of nitrogens with zero attached hydrogens (tertiary/aromatic N) is 1. The molecule has 0 aliphatic heterocycles. The maximum Gasteiger partial charge on any atom is 0.237 e. The summed E-state index contributed by atoms with van der Waals surface area (Å²) < 4.78 is 5.12. The second-order valence-corrected chi connectivity index (χ2v) is 4.47.